The third kappa shape index (κ3) is 6.12. The van der Waals surface area contributed by atoms with Gasteiger partial charge in [0, 0.05) is 32.4 Å². The van der Waals surface area contributed by atoms with E-state index in [-0.39, 0.29) is 18.1 Å². The van der Waals surface area contributed by atoms with E-state index in [0.29, 0.717) is 19.6 Å². The molecular formula is C22H25F3N4O3. The van der Waals surface area contributed by atoms with Crippen LogP contribution in [0.5, 0.6) is 0 Å². The first-order valence-electron chi connectivity index (χ1n) is 10.3. The van der Waals surface area contributed by atoms with Gasteiger partial charge in [-0.15, -0.1) is 0 Å². The molecule has 0 bridgehead atoms. The van der Waals surface area contributed by atoms with Crippen molar-refractivity contribution in [3.05, 3.63) is 59.8 Å². The Labute approximate surface area is 183 Å². The van der Waals surface area contributed by atoms with Crippen LogP contribution in [0.15, 0.2) is 48.7 Å². The van der Waals surface area contributed by atoms with Crippen LogP contribution in [0.3, 0.4) is 0 Å². The predicted molar refractivity (Wildman–Crippen MR) is 112 cm³/mol. The third-order valence-corrected chi connectivity index (χ3v) is 5.30. The van der Waals surface area contributed by atoms with E-state index in [9.17, 15) is 27.9 Å². The van der Waals surface area contributed by atoms with Gasteiger partial charge in [-0.2, -0.15) is 13.2 Å². The van der Waals surface area contributed by atoms with Crippen molar-refractivity contribution in [3.63, 3.8) is 0 Å². The third-order valence-electron chi connectivity index (χ3n) is 5.30. The second kappa shape index (κ2) is 10.3. The van der Waals surface area contributed by atoms with E-state index in [0.717, 1.165) is 30.8 Å². The lowest BCUT2D eigenvalue weighted by atomic mass is 10.00. The van der Waals surface area contributed by atoms with E-state index < -0.39 is 30.2 Å². The Bertz CT molecular complexity index is 924. The number of aromatic nitrogens is 1. The van der Waals surface area contributed by atoms with Crippen LogP contribution >= 0.6 is 0 Å². The minimum atomic E-state index is -4.55. The van der Waals surface area contributed by atoms with Gasteiger partial charge in [-0.05, 0) is 42.7 Å². The number of urea groups is 1. The van der Waals surface area contributed by atoms with Crippen molar-refractivity contribution in [3.8, 4) is 0 Å². The number of hydrogen-bond donors (Lipinski definition) is 2. The topological polar surface area (TPSA) is 85.8 Å². The fraction of sp³-hybridized carbons (Fsp3) is 0.409. The number of hydrogen-bond acceptors (Lipinski definition) is 4. The second-order valence-corrected chi connectivity index (χ2v) is 7.55. The van der Waals surface area contributed by atoms with Crippen LogP contribution in [0, 0.1) is 0 Å². The van der Waals surface area contributed by atoms with E-state index in [1.165, 1.54) is 17.0 Å². The standard InChI is InChI=1S/C22H25F3N4O3/c23-22(24,25)17-7-5-6-16(14-17)18(15-20(30)31)29-13-12-28(21(29)32)11-4-3-10-27-19-8-1-2-9-26-19/h1-2,5-9,14,18H,3-4,10-13,15H2,(H,26,27)(H,30,31)/t18-/m0/s1. The molecule has 0 spiro atoms. The summed E-state index contributed by atoms with van der Waals surface area (Å²) in [7, 11) is 0. The summed E-state index contributed by atoms with van der Waals surface area (Å²) in [5.41, 5.74) is -0.703. The number of alkyl halides is 3. The molecule has 32 heavy (non-hydrogen) atoms. The summed E-state index contributed by atoms with van der Waals surface area (Å²) in [5.74, 6) is -0.409. The van der Waals surface area contributed by atoms with Crippen molar-refractivity contribution in [1.29, 1.82) is 0 Å². The Morgan fingerprint density at radius 3 is 2.66 bits per heavy atom. The Morgan fingerprint density at radius 2 is 1.97 bits per heavy atom. The monoisotopic (exact) mass is 450 g/mol. The molecule has 0 saturated carbocycles. The highest BCUT2D eigenvalue weighted by atomic mass is 19.4. The van der Waals surface area contributed by atoms with Crippen molar-refractivity contribution in [2.45, 2.75) is 31.5 Å². The predicted octanol–water partition coefficient (Wildman–Crippen LogP) is 4.25. The second-order valence-electron chi connectivity index (χ2n) is 7.55. The number of nitrogens with one attached hydrogen (secondary N) is 1. The van der Waals surface area contributed by atoms with Crippen LogP contribution in [0.4, 0.5) is 23.8 Å². The molecule has 0 radical (unpaired) electrons. The van der Waals surface area contributed by atoms with Gasteiger partial charge in [-0.1, -0.05) is 18.2 Å². The number of halogens is 3. The first-order chi connectivity index (χ1) is 15.3. The number of anilines is 1. The zero-order valence-corrected chi connectivity index (χ0v) is 17.4. The van der Waals surface area contributed by atoms with Gasteiger partial charge in [0.25, 0.3) is 0 Å². The Kier molecular flexibility index (Phi) is 7.55. The van der Waals surface area contributed by atoms with Gasteiger partial charge in [-0.3, -0.25) is 4.79 Å². The summed E-state index contributed by atoms with van der Waals surface area (Å²) in [6.07, 6.45) is -1.79. The lowest BCUT2D eigenvalue weighted by Gasteiger charge is -2.28. The number of carboxylic acids is 1. The van der Waals surface area contributed by atoms with Gasteiger partial charge in [0.1, 0.15) is 5.82 Å². The average molecular weight is 450 g/mol. The highest BCUT2D eigenvalue weighted by Gasteiger charge is 2.37. The highest BCUT2D eigenvalue weighted by Crippen LogP contribution is 2.34. The summed E-state index contributed by atoms with van der Waals surface area (Å²) < 4.78 is 39.3. The number of benzene rings is 1. The number of carbonyl (C=O) groups is 2. The molecule has 1 aromatic carbocycles. The van der Waals surface area contributed by atoms with E-state index >= 15 is 0 Å². The van der Waals surface area contributed by atoms with Crippen LogP contribution < -0.4 is 5.32 Å². The van der Waals surface area contributed by atoms with Crippen LogP contribution in [0.2, 0.25) is 0 Å². The maximum absolute atomic E-state index is 13.1. The van der Waals surface area contributed by atoms with Crippen molar-refractivity contribution in [2.24, 2.45) is 0 Å². The lowest BCUT2D eigenvalue weighted by molar-refractivity contribution is -0.138. The van der Waals surface area contributed by atoms with E-state index in [2.05, 4.69) is 10.3 Å². The number of carboxylic acid groups (broad SMARTS) is 1. The maximum atomic E-state index is 13.1. The van der Waals surface area contributed by atoms with Gasteiger partial charge in [0.15, 0.2) is 0 Å². The smallest absolute Gasteiger partial charge is 0.416 e. The molecule has 1 aliphatic heterocycles. The molecule has 2 N–H and O–H groups in total. The quantitative estimate of drug-likeness (QED) is 0.529. The molecule has 1 aromatic heterocycles. The SMILES string of the molecule is O=C(O)C[C@@H](c1cccc(C(F)(F)F)c1)N1CCN(CCCCNc2ccccn2)C1=O. The summed E-state index contributed by atoms with van der Waals surface area (Å²) >= 11 is 0. The lowest BCUT2D eigenvalue weighted by Crippen LogP contribution is -2.36. The molecule has 0 aliphatic carbocycles. The van der Waals surface area contributed by atoms with Crippen LogP contribution in [-0.4, -0.2) is 58.1 Å². The molecule has 3 rings (SSSR count). The molecule has 1 atom stereocenters. The number of nitrogens with zero attached hydrogens (tertiary/aromatic N) is 3. The first-order valence-corrected chi connectivity index (χ1v) is 10.3. The molecular weight excluding hydrogens is 425 g/mol. The minimum Gasteiger partial charge on any atom is -0.481 e. The van der Waals surface area contributed by atoms with Crippen molar-refractivity contribution in [2.75, 3.05) is 31.5 Å². The van der Waals surface area contributed by atoms with Gasteiger partial charge >= 0.3 is 18.2 Å². The number of rotatable bonds is 10. The number of carbonyl (C=O) groups excluding carboxylic acids is 1. The molecule has 7 nitrogen and oxygen atoms in total. The molecule has 172 valence electrons. The van der Waals surface area contributed by atoms with Gasteiger partial charge in [0.2, 0.25) is 0 Å². The van der Waals surface area contributed by atoms with Crippen LogP contribution in [-0.2, 0) is 11.0 Å². The zero-order chi connectivity index (χ0) is 23.1. The minimum absolute atomic E-state index is 0.164. The summed E-state index contributed by atoms with van der Waals surface area (Å²) in [4.78, 5) is 31.4. The average Bonchev–Trinajstić information content (AvgIpc) is 3.12. The highest BCUT2D eigenvalue weighted by molar-refractivity contribution is 5.78. The van der Waals surface area contributed by atoms with Gasteiger partial charge in [0.05, 0.1) is 18.0 Å². The van der Waals surface area contributed by atoms with Crippen LogP contribution in [0.1, 0.15) is 36.4 Å². The number of aliphatic carboxylic acids is 1. The van der Waals surface area contributed by atoms with Gasteiger partial charge in [-0.25, -0.2) is 9.78 Å². The van der Waals surface area contributed by atoms with E-state index in [4.69, 9.17) is 0 Å². The Morgan fingerprint density at radius 1 is 1.16 bits per heavy atom. The normalized spacial score (nSPS) is 15.2. The Balaban J connectivity index is 1.59. The summed E-state index contributed by atoms with van der Waals surface area (Å²) in [6.45, 7) is 1.84. The number of pyridine rings is 1. The number of unbranched alkanes of at least 4 members (excludes halogenated alkanes) is 1. The van der Waals surface area contributed by atoms with Crippen molar-refractivity contribution in [1.82, 2.24) is 14.8 Å². The molecule has 1 fully saturated rings. The van der Waals surface area contributed by atoms with Gasteiger partial charge < -0.3 is 20.2 Å². The molecule has 1 aliphatic rings. The molecule has 2 amide bonds. The zero-order valence-electron chi connectivity index (χ0n) is 17.4. The maximum Gasteiger partial charge on any atom is 0.416 e. The largest absolute Gasteiger partial charge is 0.481 e. The van der Waals surface area contributed by atoms with E-state index in [1.54, 1.807) is 11.1 Å². The van der Waals surface area contributed by atoms with E-state index in [1.807, 2.05) is 18.2 Å². The van der Waals surface area contributed by atoms with Crippen molar-refractivity contribution < 1.29 is 27.9 Å². The van der Waals surface area contributed by atoms with Crippen molar-refractivity contribution >= 4 is 17.8 Å². The molecule has 2 aromatic rings. The summed E-state index contributed by atoms with van der Waals surface area (Å²) in [5, 5.41) is 12.5. The number of amides is 2. The Hall–Kier alpha value is -3.30. The fourth-order valence-electron chi connectivity index (χ4n) is 3.71. The molecule has 10 heteroatoms. The molecule has 2 heterocycles. The summed E-state index contributed by atoms with van der Waals surface area (Å²) in [6, 6.07) is 8.77. The molecule has 0 unspecified atom stereocenters. The fourth-order valence-corrected chi connectivity index (χ4v) is 3.71. The molecule has 1 saturated heterocycles. The first kappa shape index (κ1) is 23.4. The van der Waals surface area contributed by atoms with Crippen LogP contribution in [0.25, 0.3) is 0 Å².